The van der Waals surface area contributed by atoms with E-state index in [2.05, 4.69) is 31.2 Å². The van der Waals surface area contributed by atoms with Crippen LogP contribution in [-0.2, 0) is 17.8 Å². The van der Waals surface area contributed by atoms with Gasteiger partial charge in [0.2, 0.25) is 5.91 Å². The number of hydrogen-bond donors (Lipinski definition) is 0. The van der Waals surface area contributed by atoms with Crippen LogP contribution in [0.5, 0.6) is 0 Å². The summed E-state index contributed by atoms with van der Waals surface area (Å²) in [6, 6.07) is 8.85. The van der Waals surface area contributed by atoms with Crippen molar-refractivity contribution in [3.8, 4) is 0 Å². The van der Waals surface area contributed by atoms with E-state index in [9.17, 15) is 4.79 Å². The van der Waals surface area contributed by atoms with Crippen LogP contribution in [0.25, 0.3) is 0 Å². The van der Waals surface area contributed by atoms with Crippen molar-refractivity contribution >= 4 is 5.91 Å². The summed E-state index contributed by atoms with van der Waals surface area (Å²) in [4.78, 5) is 13.9. The Morgan fingerprint density at radius 2 is 2.00 bits per heavy atom. The van der Waals surface area contributed by atoms with Crippen molar-refractivity contribution in [1.29, 1.82) is 0 Å². The summed E-state index contributed by atoms with van der Waals surface area (Å²) in [5.41, 5.74) is 2.73. The molecule has 0 radical (unpaired) electrons. The molecule has 1 aromatic carbocycles. The molecule has 0 saturated carbocycles. The van der Waals surface area contributed by atoms with Gasteiger partial charge >= 0.3 is 0 Å². The Balaban J connectivity index is 2.27. The highest BCUT2D eigenvalue weighted by Crippen LogP contribution is 2.25. The fraction of sp³-hybridized carbons (Fsp3) is 0.500. The number of amides is 1. The maximum atomic E-state index is 11.9. The van der Waals surface area contributed by atoms with Gasteiger partial charge < -0.3 is 4.90 Å². The molecule has 16 heavy (non-hydrogen) atoms. The minimum atomic E-state index is 0.279. The van der Waals surface area contributed by atoms with Crippen LogP contribution in [0, 0.1) is 0 Å². The first-order valence-electron chi connectivity index (χ1n) is 6.12. The van der Waals surface area contributed by atoms with Crippen LogP contribution in [0.4, 0.5) is 0 Å². The number of benzene rings is 1. The summed E-state index contributed by atoms with van der Waals surface area (Å²) in [6.45, 7) is 4.89. The highest BCUT2D eigenvalue weighted by Gasteiger charge is 2.27. The SMILES string of the molecule is CCC(=O)N1Cc2ccccc2CC1CC. The van der Waals surface area contributed by atoms with Gasteiger partial charge in [-0.05, 0) is 24.0 Å². The Morgan fingerprint density at radius 1 is 1.31 bits per heavy atom. The van der Waals surface area contributed by atoms with Gasteiger partial charge in [-0.2, -0.15) is 0 Å². The first kappa shape index (κ1) is 11.2. The average Bonchev–Trinajstić information content (AvgIpc) is 2.36. The number of rotatable bonds is 2. The summed E-state index contributed by atoms with van der Waals surface area (Å²) >= 11 is 0. The zero-order valence-electron chi connectivity index (χ0n) is 10.1. The second-order valence-electron chi connectivity index (χ2n) is 4.41. The number of carbonyl (C=O) groups excluding carboxylic acids is 1. The molecular weight excluding hydrogens is 198 g/mol. The summed E-state index contributed by atoms with van der Waals surface area (Å²) in [5, 5.41) is 0. The molecule has 2 rings (SSSR count). The summed E-state index contributed by atoms with van der Waals surface area (Å²) < 4.78 is 0. The number of nitrogens with zero attached hydrogens (tertiary/aromatic N) is 1. The van der Waals surface area contributed by atoms with E-state index in [4.69, 9.17) is 0 Å². The van der Waals surface area contributed by atoms with Crippen molar-refractivity contribution in [2.45, 2.75) is 45.7 Å². The Hall–Kier alpha value is -1.31. The molecule has 1 unspecified atom stereocenters. The van der Waals surface area contributed by atoms with Gasteiger partial charge in [-0.1, -0.05) is 38.1 Å². The minimum Gasteiger partial charge on any atom is -0.335 e. The molecule has 0 N–H and O–H groups in total. The van der Waals surface area contributed by atoms with Gasteiger partial charge in [0.25, 0.3) is 0 Å². The zero-order chi connectivity index (χ0) is 11.5. The van der Waals surface area contributed by atoms with Gasteiger partial charge in [0, 0.05) is 19.0 Å². The molecule has 0 spiro atoms. The molecule has 1 amide bonds. The van der Waals surface area contributed by atoms with Gasteiger partial charge in [0.1, 0.15) is 0 Å². The molecule has 0 fully saturated rings. The first-order chi connectivity index (χ1) is 7.76. The fourth-order valence-corrected chi connectivity index (χ4v) is 2.45. The molecule has 0 bridgehead atoms. The second-order valence-corrected chi connectivity index (χ2v) is 4.41. The van der Waals surface area contributed by atoms with Crippen LogP contribution in [0.1, 0.15) is 37.8 Å². The maximum Gasteiger partial charge on any atom is 0.222 e. The van der Waals surface area contributed by atoms with E-state index in [0.717, 1.165) is 19.4 Å². The molecule has 1 aromatic rings. The zero-order valence-corrected chi connectivity index (χ0v) is 10.1. The lowest BCUT2D eigenvalue weighted by Gasteiger charge is -2.36. The van der Waals surface area contributed by atoms with Crippen LogP contribution < -0.4 is 0 Å². The van der Waals surface area contributed by atoms with Gasteiger partial charge in [-0.3, -0.25) is 4.79 Å². The van der Waals surface area contributed by atoms with Crippen molar-refractivity contribution in [1.82, 2.24) is 4.90 Å². The van der Waals surface area contributed by atoms with Crippen molar-refractivity contribution in [3.05, 3.63) is 35.4 Å². The second kappa shape index (κ2) is 4.69. The van der Waals surface area contributed by atoms with Gasteiger partial charge in [-0.15, -0.1) is 0 Å². The average molecular weight is 217 g/mol. The lowest BCUT2D eigenvalue weighted by Crippen LogP contribution is -2.43. The molecule has 2 heteroatoms. The molecule has 0 aromatic heterocycles. The third kappa shape index (κ3) is 1.97. The van der Waals surface area contributed by atoms with Crippen LogP contribution in [0.3, 0.4) is 0 Å². The Bertz CT molecular complexity index is 386. The van der Waals surface area contributed by atoms with Crippen molar-refractivity contribution in [2.24, 2.45) is 0 Å². The van der Waals surface area contributed by atoms with Crippen LogP contribution in [-0.4, -0.2) is 16.8 Å². The quantitative estimate of drug-likeness (QED) is 0.746. The molecule has 1 atom stereocenters. The molecule has 0 aliphatic carbocycles. The highest BCUT2D eigenvalue weighted by atomic mass is 16.2. The van der Waals surface area contributed by atoms with E-state index in [-0.39, 0.29) is 5.91 Å². The fourth-order valence-electron chi connectivity index (χ4n) is 2.45. The van der Waals surface area contributed by atoms with E-state index < -0.39 is 0 Å². The summed E-state index contributed by atoms with van der Waals surface area (Å²) in [6.07, 6.45) is 2.66. The van der Waals surface area contributed by atoms with Crippen molar-refractivity contribution in [3.63, 3.8) is 0 Å². The van der Waals surface area contributed by atoms with E-state index in [1.807, 2.05) is 11.8 Å². The third-order valence-electron chi connectivity index (χ3n) is 3.45. The van der Waals surface area contributed by atoms with Gasteiger partial charge in [-0.25, -0.2) is 0 Å². The highest BCUT2D eigenvalue weighted by molar-refractivity contribution is 5.76. The smallest absolute Gasteiger partial charge is 0.222 e. The third-order valence-corrected chi connectivity index (χ3v) is 3.45. The van der Waals surface area contributed by atoms with Crippen molar-refractivity contribution in [2.75, 3.05) is 0 Å². The largest absolute Gasteiger partial charge is 0.335 e. The van der Waals surface area contributed by atoms with Gasteiger partial charge in [0.05, 0.1) is 0 Å². The molecule has 2 nitrogen and oxygen atoms in total. The summed E-state index contributed by atoms with van der Waals surface area (Å²) in [7, 11) is 0. The number of carbonyl (C=O) groups is 1. The van der Waals surface area contributed by atoms with Crippen molar-refractivity contribution < 1.29 is 4.79 Å². The van der Waals surface area contributed by atoms with Gasteiger partial charge in [0.15, 0.2) is 0 Å². The standard InChI is InChI=1S/C14H19NO/c1-3-13-9-11-7-5-6-8-12(11)10-15(13)14(16)4-2/h5-8,13H,3-4,9-10H2,1-2H3. The van der Waals surface area contributed by atoms with E-state index in [0.29, 0.717) is 12.5 Å². The monoisotopic (exact) mass is 217 g/mol. The minimum absolute atomic E-state index is 0.279. The molecule has 1 heterocycles. The number of hydrogen-bond acceptors (Lipinski definition) is 1. The molecule has 1 aliphatic heterocycles. The molecule has 0 saturated heterocycles. The molecule has 1 aliphatic rings. The first-order valence-corrected chi connectivity index (χ1v) is 6.12. The van der Waals surface area contributed by atoms with Crippen LogP contribution >= 0.6 is 0 Å². The lowest BCUT2D eigenvalue weighted by molar-refractivity contribution is -0.134. The number of fused-ring (bicyclic) bond motifs is 1. The predicted molar refractivity (Wildman–Crippen MR) is 65.1 cm³/mol. The van der Waals surface area contributed by atoms with E-state index in [1.54, 1.807) is 0 Å². The van der Waals surface area contributed by atoms with Crippen LogP contribution in [0.2, 0.25) is 0 Å². The Kier molecular flexibility index (Phi) is 3.28. The summed E-state index contributed by atoms with van der Waals surface area (Å²) in [5.74, 6) is 0.279. The lowest BCUT2D eigenvalue weighted by atomic mass is 9.92. The Labute approximate surface area is 97.3 Å². The normalized spacial score (nSPS) is 19.4. The maximum absolute atomic E-state index is 11.9. The Morgan fingerprint density at radius 3 is 2.62 bits per heavy atom. The molecular formula is C14H19NO. The topological polar surface area (TPSA) is 20.3 Å². The van der Waals surface area contributed by atoms with E-state index in [1.165, 1.54) is 11.1 Å². The molecule has 86 valence electrons. The predicted octanol–water partition coefficient (Wildman–Crippen LogP) is 2.76. The van der Waals surface area contributed by atoms with Crippen LogP contribution in [0.15, 0.2) is 24.3 Å². The van der Waals surface area contributed by atoms with E-state index >= 15 is 0 Å².